The molecule has 160 valence electrons. The van der Waals surface area contributed by atoms with Gasteiger partial charge in [0.15, 0.2) is 6.61 Å². The van der Waals surface area contributed by atoms with Gasteiger partial charge >= 0.3 is 5.97 Å². The first-order chi connectivity index (χ1) is 14.7. The fraction of sp³-hybridized carbons (Fsp3) is 0.0476. The lowest BCUT2D eigenvalue weighted by molar-refractivity contribution is -0.119. The van der Waals surface area contributed by atoms with E-state index in [1.54, 1.807) is 18.2 Å². The molecule has 0 aliphatic carbocycles. The molecule has 3 aromatic rings. The van der Waals surface area contributed by atoms with Gasteiger partial charge in [-0.15, -0.1) is 0 Å². The van der Waals surface area contributed by atoms with Crippen molar-refractivity contribution in [2.75, 3.05) is 17.2 Å². The summed E-state index contributed by atoms with van der Waals surface area (Å²) < 4.78 is 40.6. The molecule has 0 atom stereocenters. The normalized spacial score (nSPS) is 10.9. The summed E-state index contributed by atoms with van der Waals surface area (Å²) in [6.07, 6.45) is 0. The summed E-state index contributed by atoms with van der Waals surface area (Å²) >= 11 is 0. The smallest absolute Gasteiger partial charge is 0.340 e. The monoisotopic (exact) mass is 443 g/mol. The average molecular weight is 443 g/mol. The van der Waals surface area contributed by atoms with Crippen LogP contribution in [-0.2, 0) is 19.6 Å². The predicted molar refractivity (Wildman–Crippen MR) is 113 cm³/mol. The third-order valence-corrected chi connectivity index (χ3v) is 5.00. The highest BCUT2D eigenvalue weighted by atomic mass is 32.2. The Labute approximate surface area is 177 Å². The number of carbonyl (C=O) groups excluding carboxylic acids is 2. The quantitative estimate of drug-likeness (QED) is 0.482. The van der Waals surface area contributed by atoms with Crippen molar-refractivity contribution in [1.82, 2.24) is 0 Å². The summed E-state index contributed by atoms with van der Waals surface area (Å²) in [5.74, 6) is -1.73. The van der Waals surface area contributed by atoms with E-state index < -0.39 is 28.5 Å². The van der Waals surface area contributed by atoms with E-state index in [2.05, 4.69) is 10.6 Å². The van der Waals surface area contributed by atoms with Gasteiger partial charge in [-0.05, 0) is 60.7 Å². The van der Waals surface area contributed by atoms with Crippen molar-refractivity contribution in [1.29, 1.82) is 0 Å². The minimum Gasteiger partial charge on any atom is -0.452 e. The van der Waals surface area contributed by atoms with Crippen molar-refractivity contribution < 1.29 is 27.1 Å². The van der Waals surface area contributed by atoms with Gasteiger partial charge in [0.25, 0.3) is 5.91 Å². The van der Waals surface area contributed by atoms with E-state index in [9.17, 15) is 22.4 Å². The number of hydrogen-bond donors (Lipinski definition) is 3. The molecule has 0 aliphatic heterocycles. The van der Waals surface area contributed by atoms with Gasteiger partial charge in [-0.2, -0.15) is 0 Å². The summed E-state index contributed by atoms with van der Waals surface area (Å²) in [5, 5.41) is 10.5. The van der Waals surface area contributed by atoms with Crippen LogP contribution >= 0.6 is 0 Å². The fourth-order valence-corrected chi connectivity index (χ4v) is 3.11. The summed E-state index contributed by atoms with van der Waals surface area (Å²) in [5.41, 5.74) is 1.50. The van der Waals surface area contributed by atoms with Crippen LogP contribution in [0.1, 0.15) is 10.4 Å². The van der Waals surface area contributed by atoms with Crippen molar-refractivity contribution in [3.63, 3.8) is 0 Å². The number of amides is 1. The molecule has 10 heteroatoms. The van der Waals surface area contributed by atoms with Gasteiger partial charge in [-0.3, -0.25) is 4.79 Å². The lowest BCUT2D eigenvalue weighted by atomic mass is 10.1. The lowest BCUT2D eigenvalue weighted by Gasteiger charge is -2.12. The van der Waals surface area contributed by atoms with Crippen LogP contribution in [0.4, 0.5) is 21.5 Å². The van der Waals surface area contributed by atoms with Gasteiger partial charge < -0.3 is 15.4 Å². The number of carbonyl (C=O) groups is 2. The highest BCUT2D eigenvalue weighted by molar-refractivity contribution is 7.89. The first-order valence-electron chi connectivity index (χ1n) is 8.94. The highest BCUT2D eigenvalue weighted by Crippen LogP contribution is 2.22. The minimum atomic E-state index is -3.84. The van der Waals surface area contributed by atoms with Crippen molar-refractivity contribution >= 4 is 39.0 Å². The molecule has 4 N–H and O–H groups in total. The van der Waals surface area contributed by atoms with E-state index in [4.69, 9.17) is 9.88 Å². The van der Waals surface area contributed by atoms with Crippen LogP contribution in [0, 0.1) is 5.82 Å². The third kappa shape index (κ3) is 6.11. The van der Waals surface area contributed by atoms with Crippen LogP contribution in [0.2, 0.25) is 0 Å². The number of benzene rings is 3. The maximum Gasteiger partial charge on any atom is 0.340 e. The Morgan fingerprint density at radius 2 is 1.52 bits per heavy atom. The van der Waals surface area contributed by atoms with E-state index in [1.165, 1.54) is 54.6 Å². The van der Waals surface area contributed by atoms with Crippen molar-refractivity contribution in [3.8, 4) is 0 Å². The number of anilines is 3. The predicted octanol–water partition coefficient (Wildman–Crippen LogP) is 3.01. The number of nitrogens with two attached hydrogens (primary N) is 1. The second-order valence-corrected chi connectivity index (χ2v) is 7.93. The maximum absolute atomic E-state index is 13.1. The van der Waals surface area contributed by atoms with Gasteiger partial charge in [0.2, 0.25) is 10.0 Å². The second kappa shape index (κ2) is 9.37. The molecule has 0 spiro atoms. The third-order valence-electron chi connectivity index (χ3n) is 4.07. The number of rotatable bonds is 7. The zero-order chi connectivity index (χ0) is 22.4. The zero-order valence-electron chi connectivity index (χ0n) is 16.0. The topological polar surface area (TPSA) is 128 Å². The molecule has 31 heavy (non-hydrogen) atoms. The largest absolute Gasteiger partial charge is 0.452 e. The summed E-state index contributed by atoms with van der Waals surface area (Å²) in [7, 11) is -3.84. The van der Waals surface area contributed by atoms with E-state index >= 15 is 0 Å². The fourth-order valence-electron chi connectivity index (χ4n) is 2.59. The van der Waals surface area contributed by atoms with Gasteiger partial charge in [0.1, 0.15) is 5.82 Å². The number of nitrogens with one attached hydrogen (secondary N) is 2. The van der Waals surface area contributed by atoms with E-state index in [-0.39, 0.29) is 16.3 Å². The van der Waals surface area contributed by atoms with E-state index in [0.717, 1.165) is 0 Å². The molecule has 8 nitrogen and oxygen atoms in total. The first kappa shape index (κ1) is 21.9. The Morgan fingerprint density at radius 1 is 0.903 bits per heavy atom. The standard InChI is InChI=1S/C21H18FN3O5S/c22-14-5-7-15(8-6-14)24-19-4-2-1-3-18(19)21(27)30-13-20(26)25-16-9-11-17(12-10-16)31(23,28)29/h1-12,24H,13H2,(H,25,26)(H2,23,28,29). The number of hydrogen-bond acceptors (Lipinski definition) is 6. The van der Waals surface area contributed by atoms with Crippen LogP contribution in [-0.4, -0.2) is 26.9 Å². The number of esters is 1. The molecule has 0 bridgehead atoms. The molecular formula is C21H18FN3O5S. The van der Waals surface area contributed by atoms with Crippen LogP contribution in [0.15, 0.2) is 77.7 Å². The molecule has 0 saturated heterocycles. The number of halogens is 1. The van der Waals surface area contributed by atoms with Gasteiger partial charge in [0, 0.05) is 11.4 Å². The van der Waals surface area contributed by atoms with Crippen molar-refractivity contribution in [3.05, 3.63) is 84.2 Å². The van der Waals surface area contributed by atoms with Gasteiger partial charge in [-0.25, -0.2) is 22.7 Å². The zero-order valence-corrected chi connectivity index (χ0v) is 16.9. The molecule has 0 unspecified atom stereocenters. The number of para-hydroxylation sites is 1. The Bertz CT molecular complexity index is 1200. The Morgan fingerprint density at radius 3 is 2.16 bits per heavy atom. The molecule has 3 aromatic carbocycles. The molecular weight excluding hydrogens is 425 g/mol. The van der Waals surface area contributed by atoms with Crippen LogP contribution in [0.5, 0.6) is 0 Å². The number of sulfonamides is 1. The van der Waals surface area contributed by atoms with Crippen molar-refractivity contribution in [2.24, 2.45) is 5.14 Å². The molecule has 0 aromatic heterocycles. The molecule has 0 aliphatic rings. The van der Waals surface area contributed by atoms with Crippen LogP contribution in [0.3, 0.4) is 0 Å². The van der Waals surface area contributed by atoms with Crippen LogP contribution in [0.25, 0.3) is 0 Å². The van der Waals surface area contributed by atoms with E-state index in [1.807, 2.05) is 0 Å². The molecule has 0 saturated carbocycles. The Hall–Kier alpha value is -3.76. The average Bonchev–Trinajstić information content (AvgIpc) is 2.74. The maximum atomic E-state index is 13.1. The number of primary sulfonamides is 1. The molecule has 0 heterocycles. The summed E-state index contributed by atoms with van der Waals surface area (Å²) in [6.45, 7) is -0.555. The first-order valence-corrected chi connectivity index (χ1v) is 10.5. The Balaban J connectivity index is 1.60. The second-order valence-electron chi connectivity index (χ2n) is 6.37. The summed E-state index contributed by atoms with van der Waals surface area (Å²) in [6, 6.07) is 17.3. The molecule has 3 rings (SSSR count). The molecule has 1 amide bonds. The van der Waals surface area contributed by atoms with Gasteiger partial charge in [0.05, 0.1) is 16.1 Å². The van der Waals surface area contributed by atoms with Crippen LogP contribution < -0.4 is 15.8 Å². The molecule has 0 radical (unpaired) electrons. The SMILES string of the molecule is NS(=O)(=O)c1ccc(NC(=O)COC(=O)c2ccccc2Nc2ccc(F)cc2)cc1. The van der Waals surface area contributed by atoms with Crippen molar-refractivity contribution in [2.45, 2.75) is 4.90 Å². The Kier molecular flexibility index (Phi) is 6.63. The van der Waals surface area contributed by atoms with Gasteiger partial charge in [-0.1, -0.05) is 12.1 Å². The lowest BCUT2D eigenvalue weighted by Crippen LogP contribution is -2.21. The van der Waals surface area contributed by atoms with E-state index in [0.29, 0.717) is 17.1 Å². The minimum absolute atomic E-state index is 0.0952. The number of ether oxygens (including phenoxy) is 1. The molecule has 0 fully saturated rings. The highest BCUT2D eigenvalue weighted by Gasteiger charge is 2.15. The summed E-state index contributed by atoms with van der Waals surface area (Å²) in [4.78, 5) is 24.4.